The molecule has 2 amide bonds. The van der Waals surface area contributed by atoms with Gasteiger partial charge < -0.3 is 10.6 Å². The first-order valence-corrected chi connectivity index (χ1v) is 10.9. The van der Waals surface area contributed by atoms with Crippen molar-refractivity contribution in [3.8, 4) is 11.1 Å². The summed E-state index contributed by atoms with van der Waals surface area (Å²) in [6.07, 6.45) is 9.17. The van der Waals surface area contributed by atoms with Crippen LogP contribution in [0.5, 0.6) is 0 Å². The molecule has 0 aromatic carbocycles. The molecule has 2 aromatic rings. The first kappa shape index (κ1) is 20.6. The second-order valence-electron chi connectivity index (χ2n) is 9.50. The van der Waals surface area contributed by atoms with Crippen molar-refractivity contribution in [2.45, 2.75) is 71.9 Å². The molecular formula is C23H31N5O2. The lowest BCUT2D eigenvalue weighted by Gasteiger charge is -2.30. The van der Waals surface area contributed by atoms with Gasteiger partial charge in [-0.25, -0.2) is 4.98 Å². The van der Waals surface area contributed by atoms with E-state index in [0.717, 1.165) is 49.8 Å². The minimum Gasteiger partial charge on any atom is -0.354 e. The van der Waals surface area contributed by atoms with E-state index in [9.17, 15) is 9.59 Å². The molecule has 3 heterocycles. The smallest absolute Gasteiger partial charge is 0.228 e. The molecule has 0 spiro atoms. The molecule has 0 radical (unpaired) electrons. The number of carbonyl (C=O) groups is 2. The first-order chi connectivity index (χ1) is 14.3. The number of hydrogen-bond acceptors (Lipinski definition) is 4. The normalized spacial score (nSPS) is 22.8. The number of aromatic nitrogens is 3. The predicted octanol–water partition coefficient (Wildman–Crippen LogP) is 3.55. The van der Waals surface area contributed by atoms with Crippen molar-refractivity contribution in [2.75, 3.05) is 5.32 Å². The van der Waals surface area contributed by atoms with E-state index in [0.29, 0.717) is 12.2 Å². The molecule has 0 bridgehead atoms. The lowest BCUT2D eigenvalue weighted by molar-refractivity contribution is -0.123. The van der Waals surface area contributed by atoms with Crippen LogP contribution in [0.4, 0.5) is 5.82 Å². The van der Waals surface area contributed by atoms with Gasteiger partial charge in [0.05, 0.1) is 6.20 Å². The third-order valence-electron chi connectivity index (χ3n) is 6.37. The lowest BCUT2D eigenvalue weighted by atomic mass is 9.81. The Kier molecular flexibility index (Phi) is 5.62. The van der Waals surface area contributed by atoms with Crippen LogP contribution in [0, 0.1) is 11.3 Å². The van der Waals surface area contributed by atoms with Crippen molar-refractivity contribution in [1.29, 1.82) is 0 Å². The summed E-state index contributed by atoms with van der Waals surface area (Å²) in [6.45, 7) is 7.05. The zero-order chi connectivity index (χ0) is 21.3. The first-order valence-electron chi connectivity index (χ1n) is 10.9. The summed E-state index contributed by atoms with van der Waals surface area (Å²) >= 11 is 0. The molecule has 1 aliphatic carbocycles. The minimum atomic E-state index is -0.106. The van der Waals surface area contributed by atoms with Crippen molar-refractivity contribution in [2.24, 2.45) is 11.3 Å². The van der Waals surface area contributed by atoms with Crippen LogP contribution in [0.2, 0.25) is 0 Å². The quantitative estimate of drug-likeness (QED) is 0.808. The van der Waals surface area contributed by atoms with Crippen LogP contribution >= 0.6 is 0 Å². The number of hydrogen-bond donors (Lipinski definition) is 2. The van der Waals surface area contributed by atoms with Crippen molar-refractivity contribution in [3.05, 3.63) is 30.2 Å². The fourth-order valence-electron chi connectivity index (χ4n) is 4.72. The second kappa shape index (κ2) is 8.20. The molecule has 0 saturated heterocycles. The number of anilines is 1. The maximum Gasteiger partial charge on any atom is 0.228 e. The summed E-state index contributed by atoms with van der Waals surface area (Å²) < 4.78 is 2.10. The summed E-state index contributed by atoms with van der Waals surface area (Å²) in [5, 5.41) is 10.5. The highest BCUT2D eigenvalue weighted by Gasteiger charge is 2.29. The molecule has 2 aromatic heterocycles. The molecule has 7 nitrogen and oxygen atoms in total. The molecule has 2 atom stereocenters. The fourth-order valence-corrected chi connectivity index (χ4v) is 4.72. The highest BCUT2D eigenvalue weighted by molar-refractivity contribution is 5.92. The highest BCUT2D eigenvalue weighted by Crippen LogP contribution is 2.36. The Morgan fingerprint density at radius 1 is 1.27 bits per heavy atom. The van der Waals surface area contributed by atoms with Crippen LogP contribution in [0.25, 0.3) is 11.1 Å². The Morgan fingerprint density at radius 3 is 2.90 bits per heavy atom. The zero-order valence-electron chi connectivity index (χ0n) is 18.1. The van der Waals surface area contributed by atoms with E-state index in [1.807, 2.05) is 18.3 Å². The van der Waals surface area contributed by atoms with E-state index in [4.69, 9.17) is 0 Å². The topological polar surface area (TPSA) is 88.9 Å². The molecule has 2 aliphatic rings. The van der Waals surface area contributed by atoms with Crippen molar-refractivity contribution >= 4 is 17.6 Å². The van der Waals surface area contributed by atoms with E-state index in [-0.39, 0.29) is 29.2 Å². The standard InChI is InChI=1S/C23H31N5O2/c1-15(29)26-18-6-4-5-17(11-18)22(30)27-21-12-16(7-9-24-21)19-14-25-28-10-8-23(2,3)13-20(19)28/h7,9,12,14,17-18H,4-6,8,10-11,13H2,1-3H3,(H,26,29)(H,24,27,30). The van der Waals surface area contributed by atoms with Gasteiger partial charge in [0.25, 0.3) is 0 Å². The largest absolute Gasteiger partial charge is 0.354 e. The predicted molar refractivity (Wildman–Crippen MR) is 116 cm³/mol. The second-order valence-corrected chi connectivity index (χ2v) is 9.50. The molecule has 30 heavy (non-hydrogen) atoms. The van der Waals surface area contributed by atoms with Crippen molar-refractivity contribution in [3.63, 3.8) is 0 Å². The van der Waals surface area contributed by atoms with Crippen molar-refractivity contribution < 1.29 is 9.59 Å². The van der Waals surface area contributed by atoms with Gasteiger partial charge in [-0.05, 0) is 55.2 Å². The number of carbonyl (C=O) groups excluding carboxylic acids is 2. The van der Waals surface area contributed by atoms with Crippen LogP contribution in [0.1, 0.15) is 58.6 Å². The van der Waals surface area contributed by atoms with Gasteiger partial charge in [0.15, 0.2) is 0 Å². The Hall–Kier alpha value is -2.70. The molecule has 1 fully saturated rings. The molecule has 2 unspecified atom stereocenters. The molecule has 4 rings (SSSR count). The summed E-state index contributed by atoms with van der Waals surface area (Å²) in [4.78, 5) is 28.5. The molecule has 2 N–H and O–H groups in total. The summed E-state index contributed by atoms with van der Waals surface area (Å²) in [6, 6.07) is 3.99. The van der Waals surface area contributed by atoms with Crippen LogP contribution in [0.15, 0.2) is 24.5 Å². The summed E-state index contributed by atoms with van der Waals surface area (Å²) in [5.74, 6) is 0.399. The van der Waals surface area contributed by atoms with E-state index in [1.165, 1.54) is 12.6 Å². The van der Waals surface area contributed by atoms with E-state index in [2.05, 4.69) is 39.2 Å². The van der Waals surface area contributed by atoms with Gasteiger partial charge in [0.2, 0.25) is 11.8 Å². The van der Waals surface area contributed by atoms with Gasteiger partial charge in [-0.2, -0.15) is 5.10 Å². The van der Waals surface area contributed by atoms with Gasteiger partial charge in [0.1, 0.15) is 5.82 Å². The number of fused-ring (bicyclic) bond motifs is 1. The average Bonchev–Trinajstić information content (AvgIpc) is 3.09. The number of nitrogens with one attached hydrogen (secondary N) is 2. The Labute approximate surface area is 177 Å². The molecular weight excluding hydrogens is 378 g/mol. The van der Waals surface area contributed by atoms with Gasteiger partial charge >= 0.3 is 0 Å². The van der Waals surface area contributed by atoms with E-state index < -0.39 is 0 Å². The van der Waals surface area contributed by atoms with Crippen LogP contribution in [-0.2, 0) is 22.6 Å². The summed E-state index contributed by atoms with van der Waals surface area (Å²) in [7, 11) is 0. The van der Waals surface area contributed by atoms with Gasteiger partial charge in [-0.15, -0.1) is 0 Å². The number of nitrogens with zero attached hydrogens (tertiary/aromatic N) is 3. The minimum absolute atomic E-state index is 0.0205. The SMILES string of the molecule is CC(=O)NC1CCCC(C(=O)Nc2cc(-c3cnn4c3CC(C)(C)CC4)ccn2)C1. The van der Waals surface area contributed by atoms with E-state index >= 15 is 0 Å². The fraction of sp³-hybridized carbons (Fsp3) is 0.565. The Balaban J connectivity index is 1.48. The number of pyridine rings is 1. The molecule has 7 heteroatoms. The lowest BCUT2D eigenvalue weighted by Crippen LogP contribution is -2.40. The summed E-state index contributed by atoms with van der Waals surface area (Å²) in [5.41, 5.74) is 3.66. The maximum absolute atomic E-state index is 12.8. The van der Waals surface area contributed by atoms with Gasteiger partial charge in [-0.3, -0.25) is 14.3 Å². The van der Waals surface area contributed by atoms with Crippen LogP contribution in [-0.4, -0.2) is 32.6 Å². The number of amides is 2. The van der Waals surface area contributed by atoms with E-state index in [1.54, 1.807) is 6.20 Å². The van der Waals surface area contributed by atoms with Gasteiger partial charge in [-0.1, -0.05) is 20.3 Å². The molecule has 1 saturated carbocycles. The van der Waals surface area contributed by atoms with Crippen LogP contribution < -0.4 is 10.6 Å². The zero-order valence-corrected chi connectivity index (χ0v) is 18.1. The monoisotopic (exact) mass is 409 g/mol. The van der Waals surface area contributed by atoms with Crippen LogP contribution in [0.3, 0.4) is 0 Å². The van der Waals surface area contributed by atoms with Gasteiger partial charge in [0, 0.05) is 42.9 Å². The van der Waals surface area contributed by atoms with Crippen molar-refractivity contribution in [1.82, 2.24) is 20.1 Å². The third-order valence-corrected chi connectivity index (χ3v) is 6.37. The Morgan fingerprint density at radius 2 is 2.10 bits per heavy atom. The molecule has 160 valence electrons. The Bertz CT molecular complexity index is 949. The number of aryl methyl sites for hydroxylation is 1. The highest BCUT2D eigenvalue weighted by atomic mass is 16.2. The maximum atomic E-state index is 12.8. The molecule has 1 aliphatic heterocycles. The average molecular weight is 410 g/mol. The number of rotatable bonds is 4. The third kappa shape index (κ3) is 4.55.